The second-order valence-corrected chi connectivity index (χ2v) is 4.65. The van der Waals surface area contributed by atoms with Crippen molar-refractivity contribution >= 4 is 0 Å². The molecule has 1 unspecified atom stereocenters. The number of likely N-dealkylation sites (tertiary alicyclic amines) is 1. The van der Waals surface area contributed by atoms with Crippen LogP contribution in [-0.2, 0) is 0 Å². The fourth-order valence-electron chi connectivity index (χ4n) is 2.06. The summed E-state index contributed by atoms with van der Waals surface area (Å²) in [6.45, 7) is 8.19. The quantitative estimate of drug-likeness (QED) is 0.705. The van der Waals surface area contributed by atoms with Crippen molar-refractivity contribution in [2.75, 3.05) is 26.2 Å². The van der Waals surface area contributed by atoms with Gasteiger partial charge in [0.1, 0.15) is 0 Å². The van der Waals surface area contributed by atoms with Crippen LogP contribution in [0, 0.1) is 11.8 Å². The zero-order valence-corrected chi connectivity index (χ0v) is 9.00. The predicted octanol–water partition coefficient (Wildman–Crippen LogP) is 1.74. The van der Waals surface area contributed by atoms with Crippen molar-refractivity contribution in [2.45, 2.75) is 33.1 Å². The first kappa shape index (κ1) is 11.0. The minimum atomic E-state index is 0.316. The average molecular weight is 185 g/mol. The van der Waals surface area contributed by atoms with E-state index >= 15 is 0 Å². The number of hydrogen-bond acceptors (Lipinski definition) is 2. The summed E-state index contributed by atoms with van der Waals surface area (Å²) in [5.41, 5.74) is 0. The highest BCUT2D eigenvalue weighted by molar-refractivity contribution is 4.75. The van der Waals surface area contributed by atoms with Crippen LogP contribution >= 0.6 is 0 Å². The summed E-state index contributed by atoms with van der Waals surface area (Å²) in [6, 6.07) is 0. The smallest absolute Gasteiger partial charge is 0.0558 e. The molecule has 0 spiro atoms. The molecule has 78 valence electrons. The van der Waals surface area contributed by atoms with Gasteiger partial charge in [0.15, 0.2) is 0 Å². The molecule has 1 atom stereocenters. The van der Waals surface area contributed by atoms with Gasteiger partial charge in [-0.05, 0) is 31.2 Å². The van der Waals surface area contributed by atoms with Gasteiger partial charge in [-0.15, -0.1) is 0 Å². The van der Waals surface area contributed by atoms with Gasteiger partial charge >= 0.3 is 0 Å². The van der Waals surface area contributed by atoms with Crippen LogP contribution < -0.4 is 0 Å². The number of aliphatic hydroxyl groups is 1. The lowest BCUT2D eigenvalue weighted by atomic mass is 9.97. The number of hydrogen-bond donors (Lipinski definition) is 1. The third-order valence-corrected chi connectivity index (χ3v) is 2.94. The molecule has 1 fully saturated rings. The van der Waals surface area contributed by atoms with E-state index in [1.807, 2.05) is 0 Å². The van der Waals surface area contributed by atoms with Crippen LogP contribution in [0.2, 0.25) is 0 Å². The fourth-order valence-corrected chi connectivity index (χ4v) is 2.06. The first-order valence-electron chi connectivity index (χ1n) is 5.55. The van der Waals surface area contributed by atoms with Crippen molar-refractivity contribution < 1.29 is 5.11 Å². The third kappa shape index (κ3) is 4.10. The monoisotopic (exact) mass is 185 g/mol. The lowest BCUT2D eigenvalue weighted by Crippen LogP contribution is -2.24. The molecule has 1 aliphatic rings. The van der Waals surface area contributed by atoms with Gasteiger partial charge < -0.3 is 10.0 Å². The SMILES string of the molecule is CC(C)CCC1CCN(CCO)C1. The largest absolute Gasteiger partial charge is 0.395 e. The Morgan fingerprint density at radius 1 is 1.46 bits per heavy atom. The highest BCUT2D eigenvalue weighted by atomic mass is 16.3. The van der Waals surface area contributed by atoms with E-state index in [2.05, 4.69) is 18.7 Å². The van der Waals surface area contributed by atoms with Crippen LogP contribution in [-0.4, -0.2) is 36.2 Å². The lowest BCUT2D eigenvalue weighted by molar-refractivity contribution is 0.216. The molecule has 1 aliphatic heterocycles. The summed E-state index contributed by atoms with van der Waals surface area (Å²) in [7, 11) is 0. The number of rotatable bonds is 5. The Hall–Kier alpha value is -0.0800. The van der Waals surface area contributed by atoms with Crippen LogP contribution in [0.15, 0.2) is 0 Å². The van der Waals surface area contributed by atoms with Crippen LogP contribution in [0.5, 0.6) is 0 Å². The minimum Gasteiger partial charge on any atom is -0.395 e. The molecule has 0 aromatic heterocycles. The molecule has 1 heterocycles. The maximum absolute atomic E-state index is 8.79. The molecule has 0 bridgehead atoms. The summed E-state index contributed by atoms with van der Waals surface area (Å²) in [4.78, 5) is 2.38. The zero-order chi connectivity index (χ0) is 9.68. The van der Waals surface area contributed by atoms with Crippen molar-refractivity contribution in [3.63, 3.8) is 0 Å². The summed E-state index contributed by atoms with van der Waals surface area (Å²) in [6.07, 6.45) is 4.07. The van der Waals surface area contributed by atoms with Gasteiger partial charge in [0.2, 0.25) is 0 Å². The van der Waals surface area contributed by atoms with E-state index < -0.39 is 0 Å². The van der Waals surface area contributed by atoms with Crippen molar-refractivity contribution in [1.82, 2.24) is 4.90 Å². The fraction of sp³-hybridized carbons (Fsp3) is 1.00. The van der Waals surface area contributed by atoms with E-state index in [1.165, 1.54) is 32.4 Å². The first-order chi connectivity index (χ1) is 6.22. The molecule has 0 radical (unpaired) electrons. The lowest BCUT2D eigenvalue weighted by Gasteiger charge is -2.14. The number of aliphatic hydroxyl groups excluding tert-OH is 1. The van der Waals surface area contributed by atoms with E-state index in [-0.39, 0.29) is 0 Å². The topological polar surface area (TPSA) is 23.5 Å². The molecule has 13 heavy (non-hydrogen) atoms. The standard InChI is InChI=1S/C11H23NO/c1-10(2)3-4-11-5-6-12(9-11)7-8-13/h10-11,13H,3-9H2,1-2H3. The second-order valence-electron chi connectivity index (χ2n) is 4.65. The van der Waals surface area contributed by atoms with Gasteiger partial charge in [0, 0.05) is 13.1 Å². The highest BCUT2D eigenvalue weighted by Gasteiger charge is 2.21. The Labute approximate surface area is 81.9 Å². The van der Waals surface area contributed by atoms with E-state index in [0.717, 1.165) is 18.4 Å². The van der Waals surface area contributed by atoms with Crippen LogP contribution in [0.25, 0.3) is 0 Å². The summed E-state index contributed by atoms with van der Waals surface area (Å²) in [5.74, 6) is 1.74. The molecule has 1 rings (SSSR count). The Bertz CT molecular complexity index is 136. The molecule has 0 amide bonds. The molecule has 2 heteroatoms. The molecule has 0 aliphatic carbocycles. The molecule has 0 aromatic carbocycles. The normalized spacial score (nSPS) is 24.5. The Balaban J connectivity index is 2.10. The molecule has 0 saturated carbocycles. The van der Waals surface area contributed by atoms with Gasteiger partial charge in [0.05, 0.1) is 6.61 Å². The molecule has 1 N–H and O–H groups in total. The maximum atomic E-state index is 8.79. The molecule has 0 aromatic rings. The minimum absolute atomic E-state index is 0.316. The van der Waals surface area contributed by atoms with Crippen LogP contribution in [0.4, 0.5) is 0 Å². The van der Waals surface area contributed by atoms with Gasteiger partial charge in [-0.1, -0.05) is 20.3 Å². The molecular weight excluding hydrogens is 162 g/mol. The van der Waals surface area contributed by atoms with Crippen LogP contribution in [0.1, 0.15) is 33.1 Å². The van der Waals surface area contributed by atoms with Gasteiger partial charge in [-0.3, -0.25) is 0 Å². The average Bonchev–Trinajstić information content (AvgIpc) is 2.50. The summed E-state index contributed by atoms with van der Waals surface area (Å²) < 4.78 is 0. The number of nitrogens with zero attached hydrogens (tertiary/aromatic N) is 1. The van der Waals surface area contributed by atoms with Crippen molar-refractivity contribution in [3.05, 3.63) is 0 Å². The summed E-state index contributed by atoms with van der Waals surface area (Å²) >= 11 is 0. The first-order valence-corrected chi connectivity index (χ1v) is 5.55. The van der Waals surface area contributed by atoms with E-state index in [4.69, 9.17) is 5.11 Å². The van der Waals surface area contributed by atoms with Crippen molar-refractivity contribution in [2.24, 2.45) is 11.8 Å². The van der Waals surface area contributed by atoms with E-state index in [1.54, 1.807) is 0 Å². The van der Waals surface area contributed by atoms with Gasteiger partial charge in [0.25, 0.3) is 0 Å². The highest BCUT2D eigenvalue weighted by Crippen LogP contribution is 2.22. The van der Waals surface area contributed by atoms with Gasteiger partial charge in [-0.2, -0.15) is 0 Å². The molecule has 2 nitrogen and oxygen atoms in total. The molecular formula is C11H23NO. The maximum Gasteiger partial charge on any atom is 0.0558 e. The predicted molar refractivity (Wildman–Crippen MR) is 55.7 cm³/mol. The third-order valence-electron chi connectivity index (χ3n) is 2.94. The Morgan fingerprint density at radius 3 is 2.85 bits per heavy atom. The Morgan fingerprint density at radius 2 is 2.23 bits per heavy atom. The van der Waals surface area contributed by atoms with E-state index in [9.17, 15) is 0 Å². The van der Waals surface area contributed by atoms with Crippen molar-refractivity contribution in [3.8, 4) is 0 Å². The second kappa shape index (κ2) is 5.61. The number of β-amino-alcohol motifs (C(OH)–C–C–N with tert-alkyl or cyclic N) is 1. The Kier molecular flexibility index (Phi) is 4.74. The van der Waals surface area contributed by atoms with Crippen molar-refractivity contribution in [1.29, 1.82) is 0 Å². The van der Waals surface area contributed by atoms with E-state index in [0.29, 0.717) is 6.61 Å². The summed E-state index contributed by atoms with van der Waals surface area (Å²) in [5, 5.41) is 8.79. The molecule has 1 saturated heterocycles. The van der Waals surface area contributed by atoms with Gasteiger partial charge in [-0.25, -0.2) is 0 Å². The zero-order valence-electron chi connectivity index (χ0n) is 9.00. The van der Waals surface area contributed by atoms with Crippen LogP contribution in [0.3, 0.4) is 0 Å².